The maximum Gasteiger partial charge on any atom is 0.276 e. The summed E-state index contributed by atoms with van der Waals surface area (Å²) in [6, 6.07) is 15.2. The number of hydrogen-bond donors (Lipinski definition) is 0. The molecule has 0 saturated carbocycles. The van der Waals surface area contributed by atoms with Crippen LogP contribution in [-0.4, -0.2) is 82.1 Å². The van der Waals surface area contributed by atoms with Gasteiger partial charge in [0.1, 0.15) is 12.4 Å². The Hall–Kier alpha value is -3.43. The predicted octanol–water partition coefficient (Wildman–Crippen LogP) is 3.70. The maximum absolute atomic E-state index is 13.7. The van der Waals surface area contributed by atoms with Crippen molar-refractivity contribution in [2.24, 2.45) is 0 Å². The molecule has 1 aromatic heterocycles. The first-order valence-electron chi connectivity index (χ1n) is 13.0. The van der Waals surface area contributed by atoms with Crippen molar-refractivity contribution in [3.63, 3.8) is 0 Å². The second kappa shape index (κ2) is 11.1. The summed E-state index contributed by atoms with van der Waals surface area (Å²) >= 11 is 6.01. The van der Waals surface area contributed by atoms with Gasteiger partial charge >= 0.3 is 0 Å². The van der Waals surface area contributed by atoms with Crippen molar-refractivity contribution in [1.29, 1.82) is 0 Å². The number of amides is 2. The normalized spacial score (nSPS) is 20.9. The molecule has 3 heterocycles. The summed E-state index contributed by atoms with van der Waals surface area (Å²) in [5, 5.41) is 9.02. The van der Waals surface area contributed by atoms with Gasteiger partial charge in [-0.2, -0.15) is 0 Å². The number of carbonyl (C=O) groups excluding carboxylic acids is 2. The third kappa shape index (κ3) is 5.26. The van der Waals surface area contributed by atoms with Crippen molar-refractivity contribution < 1.29 is 19.1 Å². The van der Waals surface area contributed by atoms with Crippen LogP contribution in [0, 0.1) is 6.92 Å². The monoisotopic (exact) mass is 537 g/mol. The van der Waals surface area contributed by atoms with Gasteiger partial charge in [-0.3, -0.25) is 9.59 Å². The fourth-order valence-electron chi connectivity index (χ4n) is 5.17. The van der Waals surface area contributed by atoms with Gasteiger partial charge in [0.25, 0.3) is 11.8 Å². The average Bonchev–Trinajstić information content (AvgIpc) is 3.32. The van der Waals surface area contributed by atoms with Crippen LogP contribution in [0.5, 0.6) is 5.75 Å². The summed E-state index contributed by atoms with van der Waals surface area (Å²) < 4.78 is 13.8. The van der Waals surface area contributed by atoms with Gasteiger partial charge < -0.3 is 19.3 Å². The molecule has 1 atom stereocenters. The summed E-state index contributed by atoms with van der Waals surface area (Å²) in [5.74, 6) is 0.481. The van der Waals surface area contributed by atoms with E-state index in [1.165, 1.54) is 0 Å². The maximum atomic E-state index is 13.7. The molecule has 0 bridgehead atoms. The Balaban J connectivity index is 1.36. The second-order valence-corrected chi connectivity index (χ2v) is 10.3. The number of para-hydroxylation sites is 1. The number of aromatic nitrogens is 3. The lowest BCUT2D eigenvalue weighted by Crippen LogP contribution is -2.61. The highest BCUT2D eigenvalue weighted by Gasteiger charge is 2.46. The van der Waals surface area contributed by atoms with Crippen molar-refractivity contribution >= 4 is 23.4 Å². The molecule has 200 valence electrons. The van der Waals surface area contributed by atoms with Gasteiger partial charge in [-0.05, 0) is 68.5 Å². The molecule has 9 nitrogen and oxygen atoms in total. The average molecular weight is 538 g/mol. The first kappa shape index (κ1) is 26.2. The van der Waals surface area contributed by atoms with E-state index in [9.17, 15) is 9.59 Å². The van der Waals surface area contributed by atoms with Gasteiger partial charge in [0.15, 0.2) is 11.3 Å². The van der Waals surface area contributed by atoms with E-state index in [-0.39, 0.29) is 30.7 Å². The minimum atomic E-state index is -1.11. The number of ether oxygens (including phenoxy) is 2. The molecule has 0 radical (unpaired) electrons. The Bertz CT molecular complexity index is 1310. The Morgan fingerprint density at radius 2 is 1.84 bits per heavy atom. The van der Waals surface area contributed by atoms with Crippen molar-refractivity contribution in [3.8, 4) is 11.4 Å². The number of nitrogens with zero attached hydrogens (tertiary/aromatic N) is 5. The van der Waals surface area contributed by atoms with E-state index in [4.69, 9.17) is 21.1 Å². The number of likely N-dealkylation sites (N-methyl/N-ethyl adjacent to an activating group) is 1. The summed E-state index contributed by atoms with van der Waals surface area (Å²) in [6.45, 7) is 3.42. The zero-order valence-electron chi connectivity index (χ0n) is 21.7. The molecule has 3 aromatic rings. The zero-order chi connectivity index (χ0) is 26.7. The predicted molar refractivity (Wildman–Crippen MR) is 143 cm³/mol. The van der Waals surface area contributed by atoms with E-state index in [1.54, 1.807) is 33.7 Å². The minimum absolute atomic E-state index is 0.131. The van der Waals surface area contributed by atoms with Gasteiger partial charge in [0.2, 0.25) is 0 Å². The molecule has 0 aliphatic carbocycles. The van der Waals surface area contributed by atoms with Gasteiger partial charge in [-0.1, -0.05) is 35.0 Å². The lowest BCUT2D eigenvalue weighted by Gasteiger charge is -2.43. The van der Waals surface area contributed by atoms with Crippen LogP contribution in [0.3, 0.4) is 0 Å². The van der Waals surface area contributed by atoms with E-state index in [0.29, 0.717) is 36.8 Å². The van der Waals surface area contributed by atoms with Gasteiger partial charge in [-0.15, -0.1) is 5.10 Å². The largest absolute Gasteiger partial charge is 0.491 e. The highest BCUT2D eigenvalue weighted by atomic mass is 35.5. The van der Waals surface area contributed by atoms with Gasteiger partial charge in [0, 0.05) is 18.6 Å². The molecule has 2 aromatic carbocycles. The van der Waals surface area contributed by atoms with Crippen molar-refractivity contribution in [2.75, 3.05) is 39.9 Å². The van der Waals surface area contributed by atoms with Crippen LogP contribution in [-0.2, 0) is 16.0 Å². The summed E-state index contributed by atoms with van der Waals surface area (Å²) in [4.78, 5) is 30.7. The number of rotatable bonds is 2. The van der Waals surface area contributed by atoms with Crippen LogP contribution in [0.2, 0.25) is 5.02 Å². The summed E-state index contributed by atoms with van der Waals surface area (Å²) in [7, 11) is 1.76. The molecule has 2 aliphatic rings. The number of fused-ring (bicyclic) bond motifs is 1. The fraction of sp³-hybridized carbons (Fsp3) is 0.429. The highest BCUT2D eigenvalue weighted by molar-refractivity contribution is 6.30. The Kier molecular flexibility index (Phi) is 7.67. The smallest absolute Gasteiger partial charge is 0.276 e. The molecule has 2 amide bonds. The highest BCUT2D eigenvalue weighted by Crippen LogP contribution is 2.30. The van der Waals surface area contributed by atoms with Crippen LogP contribution in [0.4, 0.5) is 0 Å². The van der Waals surface area contributed by atoms with E-state index in [1.807, 2.05) is 37.3 Å². The number of halogens is 1. The SMILES string of the molecule is Cc1c(C(=O)N2CCOC3(CCCCc4ccccc4OCCN(C)C3=O)C2)nnn1-c1ccc(Cl)cc1. The molecule has 38 heavy (non-hydrogen) atoms. The van der Waals surface area contributed by atoms with Crippen molar-refractivity contribution in [3.05, 3.63) is 70.5 Å². The lowest BCUT2D eigenvalue weighted by molar-refractivity contribution is -0.169. The lowest BCUT2D eigenvalue weighted by atomic mass is 9.91. The molecule has 1 saturated heterocycles. The second-order valence-electron chi connectivity index (χ2n) is 9.87. The number of hydrogen-bond acceptors (Lipinski definition) is 6. The third-order valence-corrected chi connectivity index (χ3v) is 7.56. The van der Waals surface area contributed by atoms with Crippen LogP contribution < -0.4 is 4.74 Å². The molecule has 0 N–H and O–H groups in total. The van der Waals surface area contributed by atoms with E-state index in [0.717, 1.165) is 36.3 Å². The zero-order valence-corrected chi connectivity index (χ0v) is 22.5. The standard InChI is InChI=1S/C28H32ClN5O4/c1-20-25(30-31-34(20)23-12-10-22(29)11-13-23)26(35)33-16-18-38-28(19-33)14-6-5-8-21-7-3-4-9-24(21)37-17-15-32(2)27(28)36/h3-4,7,9-13H,5-6,8,14-19H2,1-2H3. The third-order valence-electron chi connectivity index (χ3n) is 7.31. The van der Waals surface area contributed by atoms with E-state index < -0.39 is 5.60 Å². The Morgan fingerprint density at radius 1 is 1.05 bits per heavy atom. The molecule has 1 fully saturated rings. The summed E-state index contributed by atoms with van der Waals surface area (Å²) in [5.41, 5.74) is 1.70. The first-order valence-corrected chi connectivity index (χ1v) is 13.3. The van der Waals surface area contributed by atoms with E-state index >= 15 is 0 Å². The topological polar surface area (TPSA) is 89.8 Å². The van der Waals surface area contributed by atoms with Crippen LogP contribution >= 0.6 is 11.6 Å². The number of aryl methyl sites for hydroxylation is 1. The van der Waals surface area contributed by atoms with Crippen molar-refractivity contribution in [2.45, 2.75) is 38.2 Å². The first-order chi connectivity index (χ1) is 18.4. The van der Waals surface area contributed by atoms with Gasteiger partial charge in [-0.25, -0.2) is 4.68 Å². The minimum Gasteiger partial charge on any atom is -0.491 e. The molecule has 1 unspecified atom stereocenters. The fourth-order valence-corrected chi connectivity index (χ4v) is 5.29. The van der Waals surface area contributed by atoms with Gasteiger partial charge in [0.05, 0.1) is 31.1 Å². The Labute approximate surface area is 227 Å². The van der Waals surface area contributed by atoms with Crippen LogP contribution in [0.15, 0.2) is 48.5 Å². The quantitative estimate of drug-likeness (QED) is 0.495. The van der Waals surface area contributed by atoms with Crippen LogP contribution in [0.1, 0.15) is 41.0 Å². The number of benzene rings is 2. The molecule has 5 rings (SSSR count). The number of carbonyl (C=O) groups is 2. The Morgan fingerprint density at radius 3 is 2.66 bits per heavy atom. The summed E-state index contributed by atoms with van der Waals surface area (Å²) in [6.07, 6.45) is 3.04. The van der Waals surface area contributed by atoms with Crippen LogP contribution in [0.25, 0.3) is 5.69 Å². The van der Waals surface area contributed by atoms with Crippen molar-refractivity contribution in [1.82, 2.24) is 24.8 Å². The molecule has 10 heteroatoms. The molecular weight excluding hydrogens is 506 g/mol. The molecular formula is C28H32ClN5O4. The molecule has 1 spiro atoms. The number of morpholine rings is 1. The van der Waals surface area contributed by atoms with E-state index in [2.05, 4.69) is 16.4 Å². The molecule has 2 aliphatic heterocycles.